The Hall–Kier alpha value is -2.83. The standard InChI is InChI=1S/C21H19F3N2O2/c22-21(23,24)17-6-3-7-18(11-17)26-13-16(10-19(26)27)20(28)25-9-8-14-4-1-2-5-15(14)12-25/h1-7,11,16H,8-10,12-13H2/t16-/m1/s1. The molecule has 0 N–H and O–H groups in total. The smallest absolute Gasteiger partial charge is 0.338 e. The summed E-state index contributed by atoms with van der Waals surface area (Å²) in [5, 5.41) is 0. The van der Waals surface area contributed by atoms with Gasteiger partial charge >= 0.3 is 6.18 Å². The van der Waals surface area contributed by atoms with E-state index in [9.17, 15) is 22.8 Å². The molecule has 2 aromatic rings. The quantitative estimate of drug-likeness (QED) is 0.788. The lowest BCUT2D eigenvalue weighted by molar-refractivity contribution is -0.137. The highest BCUT2D eigenvalue weighted by Gasteiger charge is 2.39. The lowest BCUT2D eigenvalue weighted by atomic mass is 9.98. The van der Waals surface area contributed by atoms with Crippen molar-refractivity contribution < 1.29 is 22.8 Å². The molecule has 28 heavy (non-hydrogen) atoms. The van der Waals surface area contributed by atoms with E-state index in [2.05, 4.69) is 0 Å². The number of hydrogen-bond acceptors (Lipinski definition) is 2. The molecule has 7 heteroatoms. The Morgan fingerprint density at radius 2 is 1.79 bits per heavy atom. The molecule has 2 aliphatic rings. The number of carbonyl (C=O) groups is 2. The molecule has 0 aliphatic carbocycles. The van der Waals surface area contributed by atoms with E-state index < -0.39 is 17.7 Å². The average molecular weight is 388 g/mol. The van der Waals surface area contributed by atoms with E-state index >= 15 is 0 Å². The van der Waals surface area contributed by atoms with Crippen molar-refractivity contribution in [2.24, 2.45) is 5.92 Å². The highest BCUT2D eigenvalue weighted by Crippen LogP contribution is 2.34. The predicted octanol–water partition coefficient (Wildman–Crippen LogP) is 3.64. The minimum atomic E-state index is -4.48. The minimum Gasteiger partial charge on any atom is -0.338 e. The number of benzene rings is 2. The van der Waals surface area contributed by atoms with Gasteiger partial charge in [-0.3, -0.25) is 9.59 Å². The molecule has 0 bridgehead atoms. The molecular formula is C21H19F3N2O2. The molecule has 0 unspecified atom stereocenters. The molecule has 1 saturated heterocycles. The first-order valence-electron chi connectivity index (χ1n) is 9.16. The van der Waals surface area contributed by atoms with Crippen LogP contribution in [0.5, 0.6) is 0 Å². The van der Waals surface area contributed by atoms with Crippen molar-refractivity contribution in [1.29, 1.82) is 0 Å². The number of hydrogen-bond donors (Lipinski definition) is 0. The molecule has 4 nitrogen and oxygen atoms in total. The van der Waals surface area contributed by atoms with Crippen LogP contribution >= 0.6 is 0 Å². The number of fused-ring (bicyclic) bond motifs is 1. The molecule has 2 heterocycles. The summed E-state index contributed by atoms with van der Waals surface area (Å²) in [6.07, 6.45) is -3.69. The number of amides is 2. The van der Waals surface area contributed by atoms with Crippen LogP contribution in [-0.4, -0.2) is 29.8 Å². The highest BCUT2D eigenvalue weighted by atomic mass is 19.4. The van der Waals surface area contributed by atoms with Gasteiger partial charge in [-0.1, -0.05) is 30.3 Å². The maximum Gasteiger partial charge on any atom is 0.416 e. The summed E-state index contributed by atoms with van der Waals surface area (Å²) in [6, 6.07) is 12.6. The Morgan fingerprint density at radius 3 is 2.54 bits per heavy atom. The van der Waals surface area contributed by atoms with Crippen LogP contribution in [0.2, 0.25) is 0 Å². The van der Waals surface area contributed by atoms with Crippen molar-refractivity contribution in [2.75, 3.05) is 18.0 Å². The number of rotatable bonds is 2. The van der Waals surface area contributed by atoms with Gasteiger partial charge in [0, 0.05) is 31.7 Å². The SMILES string of the molecule is O=C([C@@H]1CC(=O)N(c2cccc(C(F)(F)F)c2)C1)N1CCc2ccccc2C1. The molecular weight excluding hydrogens is 369 g/mol. The Balaban J connectivity index is 1.49. The first-order chi connectivity index (χ1) is 13.3. The zero-order valence-corrected chi connectivity index (χ0v) is 15.1. The van der Waals surface area contributed by atoms with Crippen molar-refractivity contribution in [1.82, 2.24) is 4.90 Å². The number of carbonyl (C=O) groups excluding carboxylic acids is 2. The predicted molar refractivity (Wildman–Crippen MR) is 97.5 cm³/mol. The van der Waals surface area contributed by atoms with E-state index in [1.807, 2.05) is 24.3 Å². The van der Waals surface area contributed by atoms with E-state index in [1.54, 1.807) is 4.90 Å². The third-order valence-electron chi connectivity index (χ3n) is 5.40. The van der Waals surface area contributed by atoms with Crippen molar-refractivity contribution in [2.45, 2.75) is 25.6 Å². The minimum absolute atomic E-state index is 0.0211. The normalized spacial score (nSPS) is 19.7. The van der Waals surface area contributed by atoms with Crippen LogP contribution in [-0.2, 0) is 28.7 Å². The van der Waals surface area contributed by atoms with E-state index in [0.717, 1.165) is 24.1 Å². The number of alkyl halides is 3. The monoisotopic (exact) mass is 388 g/mol. The van der Waals surface area contributed by atoms with Crippen molar-refractivity contribution >= 4 is 17.5 Å². The largest absolute Gasteiger partial charge is 0.416 e. The topological polar surface area (TPSA) is 40.6 Å². The first kappa shape index (κ1) is 18.5. The van der Waals surface area contributed by atoms with Gasteiger partial charge in [0.15, 0.2) is 0 Å². The summed E-state index contributed by atoms with van der Waals surface area (Å²) < 4.78 is 38.9. The van der Waals surface area contributed by atoms with Gasteiger partial charge in [0.05, 0.1) is 11.5 Å². The van der Waals surface area contributed by atoms with Crippen LogP contribution in [0, 0.1) is 5.92 Å². The number of nitrogens with zero attached hydrogens (tertiary/aromatic N) is 2. The molecule has 0 spiro atoms. The molecule has 2 aliphatic heterocycles. The Bertz CT molecular complexity index is 926. The molecule has 2 amide bonds. The maximum absolute atomic E-state index is 13.0. The summed E-state index contributed by atoms with van der Waals surface area (Å²) in [7, 11) is 0. The van der Waals surface area contributed by atoms with Crippen LogP contribution in [0.15, 0.2) is 48.5 Å². The average Bonchev–Trinajstić information content (AvgIpc) is 3.08. The van der Waals surface area contributed by atoms with Gasteiger partial charge in [-0.15, -0.1) is 0 Å². The summed E-state index contributed by atoms with van der Waals surface area (Å²) in [5.74, 6) is -0.972. The van der Waals surface area contributed by atoms with Gasteiger partial charge < -0.3 is 9.80 Å². The van der Waals surface area contributed by atoms with Gasteiger partial charge in [-0.05, 0) is 35.7 Å². The molecule has 0 saturated carbocycles. The van der Waals surface area contributed by atoms with Crippen LogP contribution < -0.4 is 4.90 Å². The van der Waals surface area contributed by atoms with E-state index in [1.165, 1.54) is 22.6 Å². The summed E-state index contributed by atoms with van der Waals surface area (Å²) in [6.45, 7) is 1.20. The Labute approximate surface area is 160 Å². The molecule has 0 radical (unpaired) electrons. The van der Waals surface area contributed by atoms with Gasteiger partial charge in [0.2, 0.25) is 11.8 Å². The zero-order chi connectivity index (χ0) is 19.9. The summed E-state index contributed by atoms with van der Waals surface area (Å²) in [5.41, 5.74) is 1.69. The zero-order valence-electron chi connectivity index (χ0n) is 15.1. The summed E-state index contributed by atoms with van der Waals surface area (Å²) in [4.78, 5) is 28.4. The Kier molecular flexibility index (Phi) is 4.61. The molecule has 1 atom stereocenters. The van der Waals surface area contributed by atoms with Crippen LogP contribution in [0.4, 0.5) is 18.9 Å². The lowest BCUT2D eigenvalue weighted by Gasteiger charge is -2.30. The van der Waals surface area contributed by atoms with Gasteiger partial charge in [-0.2, -0.15) is 13.2 Å². The van der Waals surface area contributed by atoms with E-state index in [4.69, 9.17) is 0 Å². The second kappa shape index (κ2) is 6.96. The molecule has 1 fully saturated rings. The van der Waals surface area contributed by atoms with Gasteiger partial charge in [-0.25, -0.2) is 0 Å². The molecule has 2 aromatic carbocycles. The fraction of sp³-hybridized carbons (Fsp3) is 0.333. The van der Waals surface area contributed by atoms with Crippen LogP contribution in [0.3, 0.4) is 0 Å². The lowest BCUT2D eigenvalue weighted by Crippen LogP contribution is -2.40. The highest BCUT2D eigenvalue weighted by molar-refractivity contribution is 6.00. The van der Waals surface area contributed by atoms with Crippen LogP contribution in [0.25, 0.3) is 0 Å². The third-order valence-corrected chi connectivity index (χ3v) is 5.40. The molecule has 4 rings (SSSR count). The third kappa shape index (κ3) is 3.48. The van der Waals surface area contributed by atoms with Crippen LogP contribution in [0.1, 0.15) is 23.1 Å². The fourth-order valence-electron chi connectivity index (χ4n) is 3.91. The fourth-order valence-corrected chi connectivity index (χ4v) is 3.91. The molecule has 146 valence electrons. The number of halogens is 3. The molecule has 0 aromatic heterocycles. The maximum atomic E-state index is 13.0. The second-order valence-electron chi connectivity index (χ2n) is 7.23. The first-order valence-corrected chi connectivity index (χ1v) is 9.16. The second-order valence-corrected chi connectivity index (χ2v) is 7.23. The van der Waals surface area contributed by atoms with Gasteiger partial charge in [0.25, 0.3) is 0 Å². The van der Waals surface area contributed by atoms with E-state index in [0.29, 0.717) is 13.1 Å². The van der Waals surface area contributed by atoms with Crippen molar-refractivity contribution in [3.05, 3.63) is 65.2 Å². The van der Waals surface area contributed by atoms with Gasteiger partial charge in [0.1, 0.15) is 0 Å². The van der Waals surface area contributed by atoms with E-state index in [-0.39, 0.29) is 30.5 Å². The Morgan fingerprint density at radius 1 is 1.04 bits per heavy atom. The van der Waals surface area contributed by atoms with Crippen molar-refractivity contribution in [3.63, 3.8) is 0 Å². The number of anilines is 1. The summed E-state index contributed by atoms with van der Waals surface area (Å²) >= 11 is 0. The van der Waals surface area contributed by atoms with Crippen molar-refractivity contribution in [3.8, 4) is 0 Å².